The first kappa shape index (κ1) is 13.4. The molecule has 1 amide bonds. The molecule has 0 unspecified atom stereocenters. The normalized spacial score (nSPS) is 25.1. The maximum Gasteiger partial charge on any atom is 0.239 e. The van der Waals surface area contributed by atoms with Crippen molar-refractivity contribution in [2.45, 2.75) is 36.2 Å². The average Bonchev–Trinajstić information content (AvgIpc) is 2.64. The quantitative estimate of drug-likeness (QED) is 0.549. The number of carbonyl (C=O) groups is 2. The highest BCUT2D eigenvalue weighted by molar-refractivity contribution is 14.1. The van der Waals surface area contributed by atoms with E-state index in [2.05, 4.69) is 38.5 Å². The summed E-state index contributed by atoms with van der Waals surface area (Å²) in [6, 6.07) is -0.189. The highest BCUT2D eigenvalue weighted by Gasteiger charge is 2.39. The minimum atomic E-state index is -0.449. The molecule has 0 aromatic heterocycles. The summed E-state index contributed by atoms with van der Waals surface area (Å²) < 4.78 is -0.449. The van der Waals surface area contributed by atoms with E-state index in [-0.39, 0.29) is 17.7 Å². The van der Waals surface area contributed by atoms with Crippen molar-refractivity contribution in [2.75, 3.05) is 11.9 Å². The third-order valence-electron chi connectivity index (χ3n) is 2.68. The number of Topliss-reactive ketones (excluding diaryl/α,β-unsaturated/α-hetero) is 1. The molecule has 15 heavy (non-hydrogen) atoms. The van der Waals surface area contributed by atoms with E-state index >= 15 is 0 Å². The molecule has 1 fully saturated rings. The van der Waals surface area contributed by atoms with Gasteiger partial charge >= 0.3 is 0 Å². The van der Waals surface area contributed by atoms with E-state index in [0.717, 1.165) is 12.8 Å². The van der Waals surface area contributed by atoms with Crippen LogP contribution in [-0.4, -0.2) is 37.9 Å². The fraction of sp³-hybridized carbons (Fsp3) is 0.800. The zero-order valence-electron chi connectivity index (χ0n) is 8.93. The predicted octanol–water partition coefficient (Wildman–Crippen LogP) is 2.16. The Labute approximate surface area is 112 Å². The number of likely N-dealkylation sites (tertiary alicyclic amines) is 1. The van der Waals surface area contributed by atoms with Crippen LogP contribution in [0.5, 0.6) is 0 Å². The molecule has 0 N–H and O–H groups in total. The molecule has 0 aromatic rings. The molecule has 0 radical (unpaired) electrons. The second-order valence-electron chi connectivity index (χ2n) is 4.10. The molecule has 1 rings (SSSR count). The minimum Gasteiger partial charge on any atom is -0.331 e. The number of hydrogen-bond donors (Lipinski definition) is 0. The van der Waals surface area contributed by atoms with Crippen LogP contribution in [0, 0.1) is 0 Å². The molecule has 0 bridgehead atoms. The van der Waals surface area contributed by atoms with Crippen LogP contribution in [0.4, 0.5) is 0 Å². The van der Waals surface area contributed by atoms with Crippen molar-refractivity contribution in [3.05, 3.63) is 0 Å². The van der Waals surface area contributed by atoms with Crippen molar-refractivity contribution in [1.82, 2.24) is 4.90 Å². The lowest BCUT2D eigenvalue weighted by Gasteiger charge is -2.29. The van der Waals surface area contributed by atoms with Gasteiger partial charge in [0, 0.05) is 11.9 Å². The lowest BCUT2D eigenvalue weighted by molar-refractivity contribution is -0.137. The Balaban J connectivity index is 2.79. The van der Waals surface area contributed by atoms with Gasteiger partial charge in [-0.25, -0.2) is 0 Å². The zero-order valence-corrected chi connectivity index (χ0v) is 12.7. The second-order valence-corrected chi connectivity index (χ2v) is 7.04. The summed E-state index contributed by atoms with van der Waals surface area (Å²) in [6.45, 7) is 4.17. The predicted molar refractivity (Wildman–Crippen MR) is 71.6 cm³/mol. The Kier molecular flexibility index (Phi) is 4.58. The SMILES string of the molecule is CC(=O)[C@@H]1CCCN1C(=O)[C@](C)(I)CBr. The van der Waals surface area contributed by atoms with Crippen LogP contribution in [0.15, 0.2) is 0 Å². The number of rotatable bonds is 3. The molecular formula is C10H15BrINO2. The highest BCUT2D eigenvalue weighted by Crippen LogP contribution is 2.28. The van der Waals surface area contributed by atoms with E-state index in [9.17, 15) is 9.59 Å². The van der Waals surface area contributed by atoms with E-state index in [1.807, 2.05) is 6.92 Å². The molecule has 0 aromatic carbocycles. The van der Waals surface area contributed by atoms with E-state index in [0.29, 0.717) is 11.9 Å². The summed E-state index contributed by atoms with van der Waals surface area (Å²) >= 11 is 5.48. The largest absolute Gasteiger partial charge is 0.331 e. The number of halogens is 2. The van der Waals surface area contributed by atoms with Gasteiger partial charge in [0.25, 0.3) is 0 Å². The van der Waals surface area contributed by atoms with Crippen LogP contribution >= 0.6 is 38.5 Å². The Morgan fingerprint density at radius 1 is 1.60 bits per heavy atom. The number of amides is 1. The molecule has 86 valence electrons. The van der Waals surface area contributed by atoms with Crippen molar-refractivity contribution >= 4 is 50.2 Å². The van der Waals surface area contributed by atoms with Crippen molar-refractivity contribution in [1.29, 1.82) is 0 Å². The van der Waals surface area contributed by atoms with Crippen LogP contribution in [0.3, 0.4) is 0 Å². The summed E-state index contributed by atoms with van der Waals surface area (Å²) in [5.74, 6) is 0.167. The van der Waals surface area contributed by atoms with Gasteiger partial charge in [-0.05, 0) is 26.7 Å². The minimum absolute atomic E-state index is 0.0673. The first-order valence-corrected chi connectivity index (χ1v) is 7.16. The molecule has 2 atom stereocenters. The van der Waals surface area contributed by atoms with Crippen molar-refractivity contribution in [2.24, 2.45) is 0 Å². The molecule has 0 spiro atoms. The van der Waals surface area contributed by atoms with Gasteiger partial charge in [0.2, 0.25) is 5.91 Å². The van der Waals surface area contributed by atoms with Gasteiger partial charge in [-0.3, -0.25) is 9.59 Å². The van der Waals surface area contributed by atoms with Gasteiger partial charge < -0.3 is 4.90 Å². The first-order chi connectivity index (χ1) is 6.90. The van der Waals surface area contributed by atoms with E-state index in [1.165, 1.54) is 0 Å². The summed E-state index contributed by atoms with van der Waals surface area (Å²) in [5, 5.41) is 0.612. The van der Waals surface area contributed by atoms with Gasteiger partial charge in [-0.2, -0.15) is 0 Å². The molecule has 1 saturated heterocycles. The standard InChI is InChI=1S/C10H15BrINO2/c1-7(14)8-4-3-5-13(8)9(15)10(2,12)6-11/h8H,3-6H2,1-2H3/t8-,10+/m0/s1. The van der Waals surface area contributed by atoms with Gasteiger partial charge in [-0.15, -0.1) is 0 Å². The maximum atomic E-state index is 12.1. The third-order valence-corrected chi connectivity index (χ3v) is 5.69. The summed E-state index contributed by atoms with van der Waals surface area (Å²) in [5.41, 5.74) is 0. The van der Waals surface area contributed by atoms with Crippen molar-refractivity contribution < 1.29 is 9.59 Å². The Morgan fingerprint density at radius 3 is 2.67 bits per heavy atom. The molecule has 1 aliphatic rings. The second kappa shape index (κ2) is 5.12. The van der Waals surface area contributed by atoms with E-state index < -0.39 is 3.42 Å². The molecule has 1 heterocycles. The molecule has 1 aliphatic heterocycles. The van der Waals surface area contributed by atoms with Gasteiger partial charge in [-0.1, -0.05) is 38.5 Å². The van der Waals surface area contributed by atoms with Crippen LogP contribution in [0.2, 0.25) is 0 Å². The average molecular weight is 388 g/mol. The van der Waals surface area contributed by atoms with Gasteiger partial charge in [0.1, 0.15) is 3.42 Å². The molecule has 0 aliphatic carbocycles. The lowest BCUT2D eigenvalue weighted by Crippen LogP contribution is -2.48. The number of nitrogens with zero attached hydrogens (tertiary/aromatic N) is 1. The van der Waals surface area contributed by atoms with Crippen LogP contribution in [0.25, 0.3) is 0 Å². The molecular weight excluding hydrogens is 373 g/mol. The summed E-state index contributed by atoms with van der Waals surface area (Å²) in [7, 11) is 0. The summed E-state index contributed by atoms with van der Waals surface area (Å²) in [6.07, 6.45) is 1.75. The van der Waals surface area contributed by atoms with Gasteiger partial charge in [0.05, 0.1) is 6.04 Å². The van der Waals surface area contributed by atoms with E-state index in [1.54, 1.807) is 11.8 Å². The van der Waals surface area contributed by atoms with Crippen LogP contribution in [0.1, 0.15) is 26.7 Å². The monoisotopic (exact) mass is 387 g/mol. The van der Waals surface area contributed by atoms with Crippen LogP contribution in [-0.2, 0) is 9.59 Å². The number of carbonyl (C=O) groups excluding carboxylic acids is 2. The third kappa shape index (κ3) is 2.93. The fourth-order valence-electron chi connectivity index (χ4n) is 1.79. The summed E-state index contributed by atoms with van der Waals surface area (Å²) in [4.78, 5) is 25.2. The molecule has 5 heteroatoms. The number of ketones is 1. The zero-order chi connectivity index (χ0) is 11.6. The lowest BCUT2D eigenvalue weighted by atomic mass is 10.1. The fourth-order valence-corrected chi connectivity index (χ4v) is 2.34. The Bertz CT molecular complexity index is 281. The first-order valence-electron chi connectivity index (χ1n) is 4.96. The van der Waals surface area contributed by atoms with Crippen molar-refractivity contribution in [3.63, 3.8) is 0 Å². The van der Waals surface area contributed by atoms with Crippen LogP contribution < -0.4 is 0 Å². The molecule has 3 nitrogen and oxygen atoms in total. The van der Waals surface area contributed by atoms with Crippen molar-refractivity contribution in [3.8, 4) is 0 Å². The highest BCUT2D eigenvalue weighted by atomic mass is 127. The topological polar surface area (TPSA) is 37.4 Å². The Hall–Kier alpha value is 0.350. The number of hydrogen-bond acceptors (Lipinski definition) is 2. The Morgan fingerprint density at radius 2 is 2.20 bits per heavy atom. The van der Waals surface area contributed by atoms with Gasteiger partial charge in [0.15, 0.2) is 5.78 Å². The van der Waals surface area contributed by atoms with E-state index in [4.69, 9.17) is 0 Å². The molecule has 0 saturated carbocycles. The smallest absolute Gasteiger partial charge is 0.239 e. The number of alkyl halides is 2. The maximum absolute atomic E-state index is 12.1.